The summed E-state index contributed by atoms with van der Waals surface area (Å²) < 4.78 is 2.18. The lowest BCUT2D eigenvalue weighted by molar-refractivity contribution is 0.340. The number of nitrogens with zero attached hydrogens (tertiary/aromatic N) is 3. The molecule has 2 saturated heterocycles. The molecule has 3 heterocycles. The van der Waals surface area contributed by atoms with E-state index in [-0.39, 0.29) is 0 Å². The Balaban J connectivity index is 1.78. The highest BCUT2D eigenvalue weighted by atomic mass is 15.3. The van der Waals surface area contributed by atoms with Crippen LogP contribution in [0, 0.1) is 5.92 Å². The van der Waals surface area contributed by atoms with Crippen LogP contribution in [0.1, 0.15) is 25.5 Å². The van der Waals surface area contributed by atoms with Crippen LogP contribution in [0.3, 0.4) is 0 Å². The fourth-order valence-corrected chi connectivity index (χ4v) is 3.19. The number of aryl methyl sites for hydroxylation is 2. The third-order valence-corrected chi connectivity index (χ3v) is 4.15. The molecule has 1 N–H and O–H groups in total. The molecule has 4 heteroatoms. The van der Waals surface area contributed by atoms with Crippen molar-refractivity contribution in [2.75, 3.05) is 24.5 Å². The highest BCUT2D eigenvalue weighted by Gasteiger charge is 2.35. The summed E-state index contributed by atoms with van der Waals surface area (Å²) in [6.07, 6.45) is 5.88. The van der Waals surface area contributed by atoms with Crippen molar-refractivity contribution in [1.29, 1.82) is 0 Å². The van der Waals surface area contributed by atoms with Crippen molar-refractivity contribution in [2.45, 2.75) is 32.2 Å². The van der Waals surface area contributed by atoms with E-state index in [9.17, 15) is 0 Å². The van der Waals surface area contributed by atoms with E-state index in [1.54, 1.807) is 0 Å². The minimum Gasteiger partial charge on any atom is -0.340 e. The number of imidazole rings is 1. The topological polar surface area (TPSA) is 33.1 Å². The highest BCUT2D eigenvalue weighted by Crippen LogP contribution is 2.28. The van der Waals surface area contributed by atoms with Gasteiger partial charge in [0.05, 0.1) is 5.69 Å². The first-order valence-corrected chi connectivity index (χ1v) is 6.78. The van der Waals surface area contributed by atoms with Crippen molar-refractivity contribution in [3.05, 3.63) is 11.9 Å². The molecule has 0 amide bonds. The number of fused-ring (bicyclic) bond motifs is 1. The van der Waals surface area contributed by atoms with Crippen LogP contribution in [0.15, 0.2) is 6.20 Å². The van der Waals surface area contributed by atoms with Crippen molar-refractivity contribution >= 4 is 5.95 Å². The van der Waals surface area contributed by atoms with Gasteiger partial charge in [-0.2, -0.15) is 0 Å². The van der Waals surface area contributed by atoms with Gasteiger partial charge in [-0.3, -0.25) is 0 Å². The molecule has 2 aliphatic rings. The minimum absolute atomic E-state index is 0.686. The fourth-order valence-electron chi connectivity index (χ4n) is 3.19. The molecular formula is C13H22N4. The van der Waals surface area contributed by atoms with Gasteiger partial charge >= 0.3 is 0 Å². The smallest absolute Gasteiger partial charge is 0.205 e. The molecule has 0 aromatic carbocycles. The summed E-state index contributed by atoms with van der Waals surface area (Å²) in [7, 11) is 2.11. The predicted molar refractivity (Wildman–Crippen MR) is 69.3 cm³/mol. The van der Waals surface area contributed by atoms with Crippen molar-refractivity contribution in [3.63, 3.8) is 0 Å². The summed E-state index contributed by atoms with van der Waals surface area (Å²) in [5, 5.41) is 3.64. The van der Waals surface area contributed by atoms with E-state index in [2.05, 4.69) is 35.0 Å². The Morgan fingerprint density at radius 1 is 1.47 bits per heavy atom. The maximum atomic E-state index is 4.73. The van der Waals surface area contributed by atoms with Gasteiger partial charge in [-0.05, 0) is 31.7 Å². The van der Waals surface area contributed by atoms with Crippen LogP contribution in [0.2, 0.25) is 0 Å². The third-order valence-electron chi connectivity index (χ3n) is 4.15. The number of aromatic nitrogens is 2. The van der Waals surface area contributed by atoms with Gasteiger partial charge in [-0.15, -0.1) is 0 Å². The lowest BCUT2D eigenvalue weighted by Crippen LogP contribution is -2.40. The quantitative estimate of drug-likeness (QED) is 0.834. The Morgan fingerprint density at radius 2 is 2.35 bits per heavy atom. The maximum absolute atomic E-state index is 4.73. The zero-order chi connectivity index (χ0) is 11.8. The Morgan fingerprint density at radius 3 is 3.06 bits per heavy atom. The molecular weight excluding hydrogens is 212 g/mol. The molecule has 0 aliphatic carbocycles. The molecule has 1 aromatic heterocycles. The standard InChI is InChI=1S/C13H22N4/c1-3-11-8-16(2)13(15-11)17-7-10-5-4-6-14-12(10)9-17/h8,10,12,14H,3-7,9H2,1-2H3/t10-,12+/m0/s1. The van der Waals surface area contributed by atoms with Crippen LogP contribution < -0.4 is 10.2 Å². The molecule has 2 fully saturated rings. The van der Waals surface area contributed by atoms with Gasteiger partial charge in [0.15, 0.2) is 0 Å². The van der Waals surface area contributed by atoms with Crippen molar-refractivity contribution < 1.29 is 0 Å². The van der Waals surface area contributed by atoms with E-state index in [1.807, 2.05) is 0 Å². The van der Waals surface area contributed by atoms with E-state index in [0.717, 1.165) is 24.8 Å². The first kappa shape index (κ1) is 11.1. The summed E-state index contributed by atoms with van der Waals surface area (Å²) in [6.45, 7) is 5.65. The van der Waals surface area contributed by atoms with Crippen molar-refractivity contribution in [3.8, 4) is 0 Å². The zero-order valence-electron chi connectivity index (χ0n) is 10.8. The van der Waals surface area contributed by atoms with Crippen LogP contribution >= 0.6 is 0 Å². The number of hydrogen-bond donors (Lipinski definition) is 1. The Kier molecular flexibility index (Phi) is 2.82. The summed E-state index contributed by atoms with van der Waals surface area (Å²) in [5.41, 5.74) is 1.20. The summed E-state index contributed by atoms with van der Waals surface area (Å²) in [5.74, 6) is 1.98. The minimum atomic E-state index is 0.686. The van der Waals surface area contributed by atoms with Crippen molar-refractivity contribution in [2.24, 2.45) is 13.0 Å². The summed E-state index contributed by atoms with van der Waals surface area (Å²) in [6, 6.07) is 0.686. The summed E-state index contributed by atoms with van der Waals surface area (Å²) in [4.78, 5) is 7.18. The van der Waals surface area contributed by atoms with Crippen LogP contribution in [-0.4, -0.2) is 35.2 Å². The molecule has 0 saturated carbocycles. The molecule has 0 unspecified atom stereocenters. The molecule has 0 radical (unpaired) electrons. The normalized spacial score (nSPS) is 28.5. The van der Waals surface area contributed by atoms with Gasteiger partial charge in [0.1, 0.15) is 0 Å². The lowest BCUT2D eigenvalue weighted by Gasteiger charge is -2.24. The average Bonchev–Trinajstić information content (AvgIpc) is 2.91. The number of anilines is 1. The molecule has 0 spiro atoms. The Hall–Kier alpha value is -1.03. The van der Waals surface area contributed by atoms with Crippen molar-refractivity contribution in [1.82, 2.24) is 14.9 Å². The van der Waals surface area contributed by atoms with Crippen LogP contribution in [0.5, 0.6) is 0 Å². The molecule has 1 aromatic rings. The van der Waals surface area contributed by atoms with E-state index in [4.69, 9.17) is 4.98 Å². The van der Waals surface area contributed by atoms with Gasteiger partial charge in [0.2, 0.25) is 5.95 Å². The van der Waals surface area contributed by atoms with Crippen LogP contribution in [-0.2, 0) is 13.5 Å². The van der Waals surface area contributed by atoms with E-state index >= 15 is 0 Å². The van der Waals surface area contributed by atoms with E-state index in [1.165, 1.54) is 31.6 Å². The first-order chi connectivity index (χ1) is 8.28. The number of piperidine rings is 1. The van der Waals surface area contributed by atoms with E-state index < -0.39 is 0 Å². The summed E-state index contributed by atoms with van der Waals surface area (Å²) >= 11 is 0. The van der Waals surface area contributed by atoms with Gasteiger partial charge in [0.25, 0.3) is 0 Å². The Labute approximate surface area is 103 Å². The van der Waals surface area contributed by atoms with E-state index in [0.29, 0.717) is 6.04 Å². The molecule has 2 atom stereocenters. The molecule has 0 bridgehead atoms. The molecule has 17 heavy (non-hydrogen) atoms. The van der Waals surface area contributed by atoms with Crippen LogP contribution in [0.4, 0.5) is 5.95 Å². The molecule has 4 nitrogen and oxygen atoms in total. The molecule has 94 valence electrons. The average molecular weight is 234 g/mol. The maximum Gasteiger partial charge on any atom is 0.205 e. The second-order valence-electron chi connectivity index (χ2n) is 5.36. The van der Waals surface area contributed by atoms with Gasteiger partial charge in [-0.1, -0.05) is 6.92 Å². The van der Waals surface area contributed by atoms with Gasteiger partial charge in [-0.25, -0.2) is 4.98 Å². The highest BCUT2D eigenvalue weighted by molar-refractivity contribution is 5.36. The third kappa shape index (κ3) is 1.95. The van der Waals surface area contributed by atoms with Crippen LogP contribution in [0.25, 0.3) is 0 Å². The monoisotopic (exact) mass is 234 g/mol. The SMILES string of the molecule is CCc1cn(C)c(N2C[C@@H]3CCCN[C@@H]3C2)n1. The van der Waals surface area contributed by atoms with Gasteiger partial charge in [0, 0.05) is 32.4 Å². The molecule has 3 rings (SSSR count). The largest absolute Gasteiger partial charge is 0.340 e. The predicted octanol–water partition coefficient (Wildman–Crippen LogP) is 1.17. The fraction of sp³-hybridized carbons (Fsp3) is 0.769. The van der Waals surface area contributed by atoms with Gasteiger partial charge < -0.3 is 14.8 Å². The number of rotatable bonds is 2. The Bertz CT molecular complexity index is 384. The second-order valence-corrected chi connectivity index (χ2v) is 5.36. The number of hydrogen-bond acceptors (Lipinski definition) is 3. The molecule has 2 aliphatic heterocycles. The second kappa shape index (κ2) is 4.33. The lowest BCUT2D eigenvalue weighted by atomic mass is 9.94. The number of nitrogens with one attached hydrogen (secondary N) is 1. The zero-order valence-corrected chi connectivity index (χ0v) is 10.8. The first-order valence-electron chi connectivity index (χ1n) is 6.78.